The second-order valence-electron chi connectivity index (χ2n) is 3.53. The lowest BCUT2D eigenvalue weighted by Crippen LogP contribution is -2.22. The molecule has 0 unspecified atom stereocenters. The summed E-state index contributed by atoms with van der Waals surface area (Å²) in [6.45, 7) is 5.30. The smallest absolute Gasteiger partial charge is 0.273 e. The molecule has 5 nitrogen and oxygen atoms in total. The Morgan fingerprint density at radius 2 is 2.31 bits per heavy atom. The van der Waals surface area contributed by atoms with E-state index in [1.807, 2.05) is 0 Å². The van der Waals surface area contributed by atoms with Gasteiger partial charge >= 0.3 is 0 Å². The van der Waals surface area contributed by atoms with Gasteiger partial charge in [0.25, 0.3) is 5.91 Å². The predicted molar refractivity (Wildman–Crippen MR) is 60.3 cm³/mol. The lowest BCUT2D eigenvalue weighted by Gasteiger charge is -2.02. The Balaban J connectivity index is 2.50. The summed E-state index contributed by atoms with van der Waals surface area (Å²) in [5.41, 5.74) is 1.48. The quantitative estimate of drug-likeness (QED) is 0.784. The van der Waals surface area contributed by atoms with E-state index in [-0.39, 0.29) is 11.3 Å². The van der Waals surface area contributed by atoms with Crippen LogP contribution in [0.25, 0.3) is 5.65 Å². The van der Waals surface area contributed by atoms with Crippen LogP contribution < -0.4 is 10.7 Å². The first-order valence-electron chi connectivity index (χ1n) is 4.74. The van der Waals surface area contributed by atoms with Crippen molar-refractivity contribution in [2.45, 2.75) is 6.92 Å². The van der Waals surface area contributed by atoms with E-state index in [1.54, 1.807) is 23.7 Å². The minimum atomic E-state index is -0.262. The van der Waals surface area contributed by atoms with Crippen LogP contribution in [0.4, 0.5) is 0 Å². The number of pyridine rings is 1. The maximum atomic E-state index is 11.7. The van der Waals surface area contributed by atoms with Crippen LogP contribution in [0.5, 0.6) is 0 Å². The fraction of sp³-hybridized carbons (Fsp3) is 0.0909. The molecular weight excluding hydrogens is 206 g/mol. The number of carbonyl (C=O) groups is 1. The first kappa shape index (κ1) is 10.2. The summed E-state index contributed by atoms with van der Waals surface area (Å²) in [4.78, 5) is 25.7. The van der Waals surface area contributed by atoms with Gasteiger partial charge in [-0.3, -0.25) is 14.0 Å². The van der Waals surface area contributed by atoms with Crippen molar-refractivity contribution in [1.29, 1.82) is 0 Å². The molecule has 0 aliphatic rings. The number of rotatable bonds is 2. The third kappa shape index (κ3) is 1.75. The number of imidazole rings is 1. The van der Waals surface area contributed by atoms with Crippen LogP contribution in [-0.4, -0.2) is 15.3 Å². The number of nitrogens with zero attached hydrogens (tertiary/aromatic N) is 1. The molecule has 0 saturated heterocycles. The van der Waals surface area contributed by atoms with Crippen LogP contribution in [0.2, 0.25) is 0 Å². The van der Waals surface area contributed by atoms with Gasteiger partial charge < -0.3 is 10.3 Å². The standard InChI is InChI=1S/C11H11N3O2/c1-7(2)13-11(16)9-6-12-10-5-8(15)3-4-14(9)10/h3-6,12H,1H2,2H3,(H,13,16). The van der Waals surface area contributed by atoms with Crippen molar-refractivity contribution in [1.82, 2.24) is 14.7 Å². The summed E-state index contributed by atoms with van der Waals surface area (Å²) in [7, 11) is 0. The first-order valence-corrected chi connectivity index (χ1v) is 4.74. The molecule has 0 bridgehead atoms. The molecular formula is C11H11N3O2. The summed E-state index contributed by atoms with van der Waals surface area (Å²) in [6.07, 6.45) is 3.11. The van der Waals surface area contributed by atoms with Gasteiger partial charge in [0.05, 0.1) is 0 Å². The van der Waals surface area contributed by atoms with Crippen molar-refractivity contribution in [2.75, 3.05) is 0 Å². The molecule has 0 aromatic carbocycles. The van der Waals surface area contributed by atoms with E-state index in [2.05, 4.69) is 16.9 Å². The topological polar surface area (TPSA) is 66.4 Å². The Kier molecular flexibility index (Phi) is 2.36. The molecule has 0 saturated carbocycles. The van der Waals surface area contributed by atoms with Crippen LogP contribution >= 0.6 is 0 Å². The maximum absolute atomic E-state index is 11.7. The van der Waals surface area contributed by atoms with Crippen LogP contribution in [0.3, 0.4) is 0 Å². The Morgan fingerprint density at radius 1 is 1.56 bits per heavy atom. The normalized spacial score (nSPS) is 10.3. The van der Waals surface area contributed by atoms with E-state index in [0.29, 0.717) is 17.0 Å². The van der Waals surface area contributed by atoms with Crippen molar-refractivity contribution in [3.8, 4) is 0 Å². The number of allylic oxidation sites excluding steroid dienone is 1. The number of hydrogen-bond donors (Lipinski definition) is 2. The summed E-state index contributed by atoms with van der Waals surface area (Å²) in [5.74, 6) is -0.262. The molecule has 0 radical (unpaired) electrons. The van der Waals surface area contributed by atoms with Gasteiger partial charge in [-0.15, -0.1) is 0 Å². The Morgan fingerprint density at radius 3 is 3.00 bits per heavy atom. The number of nitrogens with one attached hydrogen (secondary N) is 2. The van der Waals surface area contributed by atoms with Crippen LogP contribution in [0.1, 0.15) is 17.4 Å². The van der Waals surface area contributed by atoms with E-state index in [0.717, 1.165) is 0 Å². The van der Waals surface area contributed by atoms with Gasteiger partial charge in [0.2, 0.25) is 0 Å². The summed E-state index contributed by atoms with van der Waals surface area (Å²) in [5, 5.41) is 2.60. The number of aromatic nitrogens is 2. The molecule has 2 N–H and O–H groups in total. The number of amides is 1. The molecule has 2 aromatic heterocycles. The highest BCUT2D eigenvalue weighted by molar-refractivity contribution is 5.94. The Bertz CT molecular complexity index is 621. The first-order chi connectivity index (χ1) is 7.58. The third-order valence-corrected chi connectivity index (χ3v) is 2.10. The van der Waals surface area contributed by atoms with Gasteiger partial charge in [0.15, 0.2) is 5.43 Å². The highest BCUT2D eigenvalue weighted by atomic mass is 16.2. The monoisotopic (exact) mass is 217 g/mol. The van der Waals surface area contributed by atoms with Crippen molar-refractivity contribution in [2.24, 2.45) is 0 Å². The molecule has 16 heavy (non-hydrogen) atoms. The lowest BCUT2D eigenvalue weighted by molar-refractivity contribution is 0.0960. The van der Waals surface area contributed by atoms with Crippen molar-refractivity contribution in [3.63, 3.8) is 0 Å². The molecule has 0 aliphatic carbocycles. The molecule has 5 heteroatoms. The van der Waals surface area contributed by atoms with Gasteiger partial charge in [-0.05, 0) is 6.92 Å². The number of hydrogen-bond acceptors (Lipinski definition) is 2. The molecule has 0 atom stereocenters. The highest BCUT2D eigenvalue weighted by Crippen LogP contribution is 2.04. The van der Waals surface area contributed by atoms with Crippen LogP contribution in [0.15, 0.2) is 41.6 Å². The average molecular weight is 217 g/mol. The zero-order valence-corrected chi connectivity index (χ0v) is 8.78. The Labute approximate surface area is 91.4 Å². The number of H-pyrrole nitrogens is 1. The largest absolute Gasteiger partial charge is 0.345 e. The number of aromatic amines is 1. The third-order valence-electron chi connectivity index (χ3n) is 2.10. The molecule has 0 aliphatic heterocycles. The maximum Gasteiger partial charge on any atom is 0.273 e. The van der Waals surface area contributed by atoms with E-state index < -0.39 is 0 Å². The van der Waals surface area contributed by atoms with Crippen molar-refractivity contribution in [3.05, 3.63) is 52.7 Å². The number of carbonyl (C=O) groups excluding carboxylic acids is 1. The van der Waals surface area contributed by atoms with Crippen molar-refractivity contribution >= 4 is 11.6 Å². The molecule has 2 rings (SSSR count). The fourth-order valence-corrected chi connectivity index (χ4v) is 1.45. The van der Waals surface area contributed by atoms with Crippen LogP contribution in [-0.2, 0) is 0 Å². The molecule has 0 fully saturated rings. The summed E-state index contributed by atoms with van der Waals surface area (Å²) >= 11 is 0. The molecule has 1 amide bonds. The minimum Gasteiger partial charge on any atom is -0.345 e. The predicted octanol–water partition coefficient (Wildman–Crippen LogP) is 0.891. The Hall–Kier alpha value is -2.30. The van der Waals surface area contributed by atoms with Gasteiger partial charge in [0.1, 0.15) is 11.3 Å². The van der Waals surface area contributed by atoms with E-state index in [9.17, 15) is 9.59 Å². The lowest BCUT2D eigenvalue weighted by atomic mass is 10.4. The van der Waals surface area contributed by atoms with Gasteiger partial charge in [-0.2, -0.15) is 0 Å². The molecule has 2 aromatic rings. The summed E-state index contributed by atoms with van der Waals surface area (Å²) in [6, 6.07) is 2.83. The zero-order valence-electron chi connectivity index (χ0n) is 8.78. The van der Waals surface area contributed by atoms with E-state index in [1.165, 1.54) is 12.1 Å². The summed E-state index contributed by atoms with van der Waals surface area (Å²) < 4.78 is 1.61. The fourth-order valence-electron chi connectivity index (χ4n) is 1.45. The average Bonchev–Trinajstić information content (AvgIpc) is 2.59. The molecule has 82 valence electrons. The van der Waals surface area contributed by atoms with Crippen LogP contribution in [0, 0.1) is 0 Å². The van der Waals surface area contributed by atoms with Gasteiger partial charge in [-0.1, -0.05) is 6.58 Å². The van der Waals surface area contributed by atoms with E-state index in [4.69, 9.17) is 0 Å². The van der Waals surface area contributed by atoms with Gasteiger partial charge in [-0.25, -0.2) is 0 Å². The van der Waals surface area contributed by atoms with Gasteiger partial charge in [0, 0.05) is 30.2 Å². The second kappa shape index (κ2) is 3.69. The van der Waals surface area contributed by atoms with Crippen molar-refractivity contribution < 1.29 is 4.79 Å². The molecule has 2 heterocycles. The van der Waals surface area contributed by atoms with E-state index >= 15 is 0 Å². The molecule has 0 spiro atoms. The SMILES string of the molecule is C=C(C)NC(=O)c1c[nH]c2cc(=O)ccn12. The second-order valence-corrected chi connectivity index (χ2v) is 3.53. The number of fused-ring (bicyclic) bond motifs is 1. The zero-order chi connectivity index (χ0) is 11.7. The highest BCUT2D eigenvalue weighted by Gasteiger charge is 2.10. The minimum absolute atomic E-state index is 0.103.